The van der Waals surface area contributed by atoms with Crippen molar-refractivity contribution in [3.63, 3.8) is 0 Å². The van der Waals surface area contributed by atoms with Gasteiger partial charge in [0, 0.05) is 12.0 Å². The second-order valence-electron chi connectivity index (χ2n) is 9.74. The molecular weight excluding hydrogens is 362 g/mol. The maximum Gasteiger partial charge on any atom is 0.360 e. The fraction of sp³-hybridized carbons (Fsp3) is 0.600. The maximum absolute atomic E-state index is 12.6. The van der Waals surface area contributed by atoms with Crippen LogP contribution in [-0.4, -0.2) is 17.6 Å². The Kier molecular flexibility index (Phi) is 4.76. The van der Waals surface area contributed by atoms with Gasteiger partial charge in [0.05, 0.1) is 6.61 Å². The molecule has 4 saturated carbocycles. The largest absolute Gasteiger partial charge is 0.461 e. The van der Waals surface area contributed by atoms with Gasteiger partial charge in [-0.25, -0.2) is 9.78 Å². The lowest BCUT2D eigenvalue weighted by molar-refractivity contribution is -0.0575. The zero-order chi connectivity index (χ0) is 20.0. The van der Waals surface area contributed by atoms with Gasteiger partial charge in [0.2, 0.25) is 5.89 Å². The molecule has 1 aromatic heterocycles. The highest BCUT2D eigenvalue weighted by Crippen LogP contribution is 2.61. The van der Waals surface area contributed by atoms with Gasteiger partial charge in [-0.05, 0) is 93.6 Å². The third kappa shape index (κ3) is 3.51. The Bertz CT molecular complexity index is 877. The van der Waals surface area contributed by atoms with Gasteiger partial charge >= 0.3 is 5.97 Å². The Hall–Kier alpha value is -2.10. The highest BCUT2D eigenvalue weighted by Gasteiger charge is 2.50. The minimum atomic E-state index is -0.364. The number of carbonyl (C=O) groups excluding carboxylic acids is 1. The number of benzene rings is 1. The molecule has 4 aliphatic rings. The number of hydrogen-bond acceptors (Lipinski definition) is 4. The van der Waals surface area contributed by atoms with Gasteiger partial charge in [-0.3, -0.25) is 0 Å². The van der Waals surface area contributed by atoms with Gasteiger partial charge in [0.15, 0.2) is 5.69 Å². The molecule has 0 aliphatic heterocycles. The van der Waals surface area contributed by atoms with Crippen molar-refractivity contribution in [2.24, 2.45) is 23.2 Å². The molecule has 0 unspecified atom stereocenters. The number of nitrogens with zero attached hydrogens (tertiary/aromatic N) is 1. The predicted molar refractivity (Wildman–Crippen MR) is 112 cm³/mol. The van der Waals surface area contributed by atoms with Crippen LogP contribution in [0.4, 0.5) is 0 Å². The first-order chi connectivity index (χ1) is 14.0. The van der Waals surface area contributed by atoms with E-state index in [1.165, 1.54) is 38.5 Å². The van der Waals surface area contributed by atoms with Gasteiger partial charge in [0.25, 0.3) is 0 Å². The fourth-order valence-corrected chi connectivity index (χ4v) is 6.78. The van der Waals surface area contributed by atoms with Crippen molar-refractivity contribution in [2.45, 2.75) is 65.2 Å². The molecule has 0 saturated heterocycles. The molecule has 4 heteroatoms. The average Bonchev–Trinajstić information content (AvgIpc) is 3.10. The van der Waals surface area contributed by atoms with Crippen molar-refractivity contribution in [3.05, 3.63) is 41.3 Å². The summed E-state index contributed by atoms with van der Waals surface area (Å²) < 4.78 is 11.5. The normalized spacial score (nSPS) is 29.9. The number of esters is 1. The van der Waals surface area contributed by atoms with Crippen molar-refractivity contribution in [3.8, 4) is 11.5 Å². The molecule has 2 aromatic rings. The minimum Gasteiger partial charge on any atom is -0.461 e. The van der Waals surface area contributed by atoms with Crippen LogP contribution in [0.25, 0.3) is 11.5 Å². The molecule has 4 bridgehead atoms. The van der Waals surface area contributed by atoms with Crippen LogP contribution in [-0.2, 0) is 11.2 Å². The van der Waals surface area contributed by atoms with Gasteiger partial charge < -0.3 is 9.15 Å². The van der Waals surface area contributed by atoms with Gasteiger partial charge in [-0.2, -0.15) is 0 Å². The standard InChI is InChI=1S/C25H31NO3/c1-3-28-24(27)22-21(29-23(26-22)20-7-5-4-6-16(20)2)8-9-25-13-17-10-18(14-25)12-19(11-17)15-25/h4-7,17-19H,3,8-15H2,1-2H3. The van der Waals surface area contributed by atoms with E-state index in [1.54, 1.807) is 0 Å². The molecule has 4 fully saturated rings. The molecule has 4 aliphatic carbocycles. The number of aryl methyl sites for hydroxylation is 2. The van der Waals surface area contributed by atoms with E-state index in [0.29, 0.717) is 29.4 Å². The van der Waals surface area contributed by atoms with Crippen LogP contribution in [0.2, 0.25) is 0 Å². The summed E-state index contributed by atoms with van der Waals surface area (Å²) in [5.74, 6) is 3.68. The summed E-state index contributed by atoms with van der Waals surface area (Å²) in [6.45, 7) is 4.22. The Balaban J connectivity index is 1.41. The molecule has 0 radical (unpaired) electrons. The van der Waals surface area contributed by atoms with Crippen LogP contribution in [0.3, 0.4) is 0 Å². The predicted octanol–water partition coefficient (Wildman–Crippen LogP) is 5.98. The van der Waals surface area contributed by atoms with Crippen molar-refractivity contribution in [2.75, 3.05) is 6.61 Å². The van der Waals surface area contributed by atoms with Crippen molar-refractivity contribution < 1.29 is 13.9 Å². The molecule has 29 heavy (non-hydrogen) atoms. The van der Waals surface area contributed by atoms with E-state index in [0.717, 1.165) is 41.7 Å². The highest BCUT2D eigenvalue weighted by atomic mass is 16.5. The van der Waals surface area contributed by atoms with Crippen LogP contribution >= 0.6 is 0 Å². The monoisotopic (exact) mass is 393 g/mol. The lowest BCUT2D eigenvalue weighted by Crippen LogP contribution is -2.46. The number of ether oxygens (including phenoxy) is 1. The lowest BCUT2D eigenvalue weighted by atomic mass is 9.48. The van der Waals surface area contributed by atoms with Crippen LogP contribution in [0.15, 0.2) is 28.7 Å². The van der Waals surface area contributed by atoms with E-state index in [2.05, 4.69) is 4.98 Å². The first-order valence-electron chi connectivity index (χ1n) is 11.3. The Morgan fingerprint density at radius 2 is 1.79 bits per heavy atom. The number of oxazole rings is 1. The summed E-state index contributed by atoms with van der Waals surface area (Å²) in [5.41, 5.74) is 2.86. The molecule has 1 aromatic carbocycles. The number of carbonyl (C=O) groups is 1. The SMILES string of the molecule is CCOC(=O)c1nc(-c2ccccc2C)oc1CCC12CC3CC(CC(C3)C1)C2. The summed E-state index contributed by atoms with van der Waals surface area (Å²) >= 11 is 0. The quantitative estimate of drug-likeness (QED) is 0.567. The summed E-state index contributed by atoms with van der Waals surface area (Å²) in [4.78, 5) is 17.2. The van der Waals surface area contributed by atoms with E-state index in [4.69, 9.17) is 9.15 Å². The van der Waals surface area contributed by atoms with E-state index < -0.39 is 0 Å². The molecule has 154 valence electrons. The first kappa shape index (κ1) is 18.9. The number of hydrogen-bond donors (Lipinski definition) is 0. The van der Waals surface area contributed by atoms with Gasteiger partial charge in [-0.15, -0.1) is 0 Å². The van der Waals surface area contributed by atoms with Gasteiger partial charge in [0.1, 0.15) is 5.76 Å². The molecule has 0 spiro atoms. The van der Waals surface area contributed by atoms with E-state index in [9.17, 15) is 4.79 Å². The minimum absolute atomic E-state index is 0.347. The van der Waals surface area contributed by atoms with Crippen LogP contribution < -0.4 is 0 Å². The summed E-state index contributed by atoms with van der Waals surface area (Å²) in [5, 5.41) is 0. The molecular formula is C25H31NO3. The highest BCUT2D eigenvalue weighted by molar-refractivity contribution is 5.89. The maximum atomic E-state index is 12.6. The smallest absolute Gasteiger partial charge is 0.360 e. The number of aromatic nitrogens is 1. The Morgan fingerprint density at radius 3 is 2.41 bits per heavy atom. The molecule has 1 heterocycles. The average molecular weight is 394 g/mol. The summed E-state index contributed by atoms with van der Waals surface area (Å²) in [7, 11) is 0. The first-order valence-corrected chi connectivity index (χ1v) is 11.3. The summed E-state index contributed by atoms with van der Waals surface area (Å²) in [6.07, 6.45) is 10.3. The van der Waals surface area contributed by atoms with E-state index in [1.807, 2.05) is 38.1 Å². The summed E-state index contributed by atoms with van der Waals surface area (Å²) in [6, 6.07) is 8.02. The van der Waals surface area contributed by atoms with Crippen molar-refractivity contribution in [1.29, 1.82) is 0 Å². The van der Waals surface area contributed by atoms with Gasteiger partial charge in [-0.1, -0.05) is 18.2 Å². The topological polar surface area (TPSA) is 52.3 Å². The lowest BCUT2D eigenvalue weighted by Gasteiger charge is -2.57. The zero-order valence-electron chi connectivity index (χ0n) is 17.6. The second-order valence-corrected chi connectivity index (χ2v) is 9.74. The van der Waals surface area contributed by atoms with Crippen LogP contribution in [0.1, 0.15) is 73.7 Å². The zero-order valence-corrected chi connectivity index (χ0v) is 17.6. The Labute approximate surface area is 173 Å². The second kappa shape index (κ2) is 7.30. The van der Waals surface area contributed by atoms with Crippen molar-refractivity contribution >= 4 is 5.97 Å². The molecule has 6 rings (SSSR count). The molecule has 0 amide bonds. The number of rotatable bonds is 6. The Morgan fingerprint density at radius 1 is 1.14 bits per heavy atom. The van der Waals surface area contributed by atoms with E-state index >= 15 is 0 Å². The molecule has 0 atom stereocenters. The van der Waals surface area contributed by atoms with Crippen LogP contribution in [0.5, 0.6) is 0 Å². The molecule has 4 nitrogen and oxygen atoms in total. The van der Waals surface area contributed by atoms with E-state index in [-0.39, 0.29) is 5.97 Å². The van der Waals surface area contributed by atoms with Crippen LogP contribution in [0, 0.1) is 30.1 Å². The third-order valence-electron chi connectivity index (χ3n) is 7.59. The molecule has 0 N–H and O–H groups in total. The third-order valence-corrected chi connectivity index (χ3v) is 7.59. The fourth-order valence-electron chi connectivity index (χ4n) is 6.78. The van der Waals surface area contributed by atoms with Crippen molar-refractivity contribution in [1.82, 2.24) is 4.98 Å².